The molecule has 0 spiro atoms. The van der Waals surface area contributed by atoms with Crippen molar-refractivity contribution >= 4 is 11.6 Å². The van der Waals surface area contributed by atoms with E-state index in [9.17, 15) is 9.18 Å². The summed E-state index contributed by atoms with van der Waals surface area (Å²) >= 11 is 0. The highest BCUT2D eigenvalue weighted by molar-refractivity contribution is 5.94. The summed E-state index contributed by atoms with van der Waals surface area (Å²) < 4.78 is 19.2. The number of ether oxygens (including phenoxy) is 1. The van der Waals surface area contributed by atoms with Gasteiger partial charge in [0, 0.05) is 18.7 Å². The van der Waals surface area contributed by atoms with Gasteiger partial charge in [0.05, 0.1) is 18.7 Å². The second-order valence-electron chi connectivity index (χ2n) is 6.86. The molecule has 1 N–H and O–H groups in total. The van der Waals surface area contributed by atoms with Crippen LogP contribution in [0.3, 0.4) is 0 Å². The van der Waals surface area contributed by atoms with Crippen LogP contribution in [-0.2, 0) is 11.3 Å². The highest BCUT2D eigenvalue weighted by Crippen LogP contribution is 2.27. The lowest BCUT2D eigenvalue weighted by Gasteiger charge is -2.32. The molecule has 1 amide bonds. The van der Waals surface area contributed by atoms with Gasteiger partial charge in [-0.3, -0.25) is 9.69 Å². The Bertz CT molecular complexity index is 778. The number of benzene rings is 2. The fourth-order valence-electron chi connectivity index (χ4n) is 3.43. The molecule has 1 fully saturated rings. The van der Waals surface area contributed by atoms with Crippen molar-refractivity contribution in [3.05, 3.63) is 59.4 Å². The summed E-state index contributed by atoms with van der Waals surface area (Å²) in [4.78, 5) is 14.9. The predicted molar refractivity (Wildman–Crippen MR) is 101 cm³/mol. The molecule has 0 aliphatic carbocycles. The first kappa shape index (κ1) is 18.4. The van der Waals surface area contributed by atoms with Crippen LogP contribution in [0.5, 0.6) is 5.75 Å². The van der Waals surface area contributed by atoms with E-state index in [1.165, 1.54) is 6.07 Å². The third-order valence-corrected chi connectivity index (χ3v) is 4.84. The highest BCUT2D eigenvalue weighted by atomic mass is 19.1. The fourth-order valence-corrected chi connectivity index (χ4v) is 3.43. The van der Waals surface area contributed by atoms with E-state index in [0.717, 1.165) is 24.9 Å². The van der Waals surface area contributed by atoms with Crippen LogP contribution in [0.15, 0.2) is 42.5 Å². The molecule has 0 radical (unpaired) electrons. The number of amides is 1. The largest absolute Gasteiger partial charge is 0.495 e. The van der Waals surface area contributed by atoms with E-state index < -0.39 is 0 Å². The zero-order valence-electron chi connectivity index (χ0n) is 15.3. The summed E-state index contributed by atoms with van der Waals surface area (Å²) in [5.74, 6) is 0.347. The van der Waals surface area contributed by atoms with Gasteiger partial charge in [0.15, 0.2) is 0 Å². The summed E-state index contributed by atoms with van der Waals surface area (Å²) in [6.07, 6.45) is 1.77. The number of methoxy groups -OCH3 is 1. The van der Waals surface area contributed by atoms with Gasteiger partial charge in [-0.15, -0.1) is 0 Å². The molecule has 1 heterocycles. The van der Waals surface area contributed by atoms with Crippen molar-refractivity contribution in [3.63, 3.8) is 0 Å². The number of carbonyl (C=O) groups excluding carboxylic acids is 1. The van der Waals surface area contributed by atoms with Crippen LogP contribution in [0.1, 0.15) is 24.0 Å². The number of hydrogen-bond acceptors (Lipinski definition) is 3. The molecule has 1 saturated heterocycles. The number of anilines is 1. The molecule has 2 aromatic carbocycles. The molecule has 138 valence electrons. The smallest absolute Gasteiger partial charge is 0.228 e. The van der Waals surface area contributed by atoms with Crippen LogP contribution < -0.4 is 10.1 Å². The summed E-state index contributed by atoms with van der Waals surface area (Å²) in [6, 6.07) is 12.5. The normalized spacial score (nSPS) is 17.7. The number of hydrogen-bond donors (Lipinski definition) is 1. The topological polar surface area (TPSA) is 41.6 Å². The van der Waals surface area contributed by atoms with Crippen molar-refractivity contribution in [2.75, 3.05) is 25.5 Å². The molecule has 4 nitrogen and oxygen atoms in total. The molecule has 0 saturated carbocycles. The standard InChI is InChI=1S/C21H25FN2O2/c1-15-9-10-20(26-2)19(12-15)23-21(25)17-7-5-11-24(14-17)13-16-6-3-4-8-18(16)22/h3-4,6,8-10,12,17H,5,7,11,13-14H2,1-2H3,(H,23,25). The summed E-state index contributed by atoms with van der Waals surface area (Å²) in [5, 5.41) is 3.00. The monoisotopic (exact) mass is 356 g/mol. The van der Waals surface area contributed by atoms with Crippen LogP contribution in [0.4, 0.5) is 10.1 Å². The van der Waals surface area contributed by atoms with Crippen LogP contribution in [-0.4, -0.2) is 31.0 Å². The second kappa shape index (κ2) is 8.32. The Morgan fingerprint density at radius 3 is 2.88 bits per heavy atom. The first-order chi connectivity index (χ1) is 12.6. The van der Waals surface area contributed by atoms with Gasteiger partial charge in [0.2, 0.25) is 5.91 Å². The minimum Gasteiger partial charge on any atom is -0.495 e. The summed E-state index contributed by atoms with van der Waals surface area (Å²) in [7, 11) is 1.59. The summed E-state index contributed by atoms with van der Waals surface area (Å²) in [6.45, 7) is 4.02. The van der Waals surface area contributed by atoms with Crippen LogP contribution >= 0.6 is 0 Å². The maximum atomic E-state index is 13.9. The predicted octanol–water partition coefficient (Wildman–Crippen LogP) is 3.99. The SMILES string of the molecule is COc1ccc(C)cc1NC(=O)C1CCCN(Cc2ccccc2F)C1. The van der Waals surface area contributed by atoms with Gasteiger partial charge >= 0.3 is 0 Å². The van der Waals surface area contributed by atoms with Gasteiger partial charge < -0.3 is 10.1 Å². The molecule has 2 aromatic rings. The Morgan fingerprint density at radius 1 is 1.31 bits per heavy atom. The molecular formula is C21H25FN2O2. The lowest BCUT2D eigenvalue weighted by molar-refractivity contribution is -0.121. The molecular weight excluding hydrogens is 331 g/mol. The molecule has 5 heteroatoms. The number of carbonyl (C=O) groups is 1. The van der Waals surface area contributed by atoms with Crippen molar-refractivity contribution in [2.45, 2.75) is 26.3 Å². The van der Waals surface area contributed by atoms with Gasteiger partial charge in [0.1, 0.15) is 11.6 Å². The van der Waals surface area contributed by atoms with E-state index in [1.54, 1.807) is 19.2 Å². The van der Waals surface area contributed by atoms with Crippen molar-refractivity contribution in [2.24, 2.45) is 5.92 Å². The Morgan fingerprint density at radius 2 is 2.12 bits per heavy atom. The number of aryl methyl sites for hydroxylation is 1. The van der Waals surface area contributed by atoms with Crippen LogP contribution in [0.25, 0.3) is 0 Å². The molecule has 1 aliphatic heterocycles. The van der Waals surface area contributed by atoms with E-state index in [0.29, 0.717) is 30.1 Å². The third-order valence-electron chi connectivity index (χ3n) is 4.84. The molecule has 1 atom stereocenters. The minimum atomic E-state index is -0.191. The average molecular weight is 356 g/mol. The van der Waals surface area contributed by atoms with Gasteiger partial charge in [-0.25, -0.2) is 4.39 Å². The fraction of sp³-hybridized carbons (Fsp3) is 0.381. The first-order valence-electron chi connectivity index (χ1n) is 8.98. The van der Waals surface area contributed by atoms with Crippen molar-refractivity contribution in [3.8, 4) is 5.75 Å². The average Bonchev–Trinajstić information content (AvgIpc) is 2.64. The van der Waals surface area contributed by atoms with E-state index in [1.807, 2.05) is 31.2 Å². The van der Waals surface area contributed by atoms with Gasteiger partial charge in [0.25, 0.3) is 0 Å². The van der Waals surface area contributed by atoms with Crippen LogP contribution in [0.2, 0.25) is 0 Å². The Labute approximate surface area is 154 Å². The van der Waals surface area contributed by atoms with Gasteiger partial charge in [-0.1, -0.05) is 24.3 Å². The molecule has 1 aliphatic rings. The van der Waals surface area contributed by atoms with E-state index in [2.05, 4.69) is 10.2 Å². The van der Waals surface area contributed by atoms with Crippen molar-refractivity contribution in [1.82, 2.24) is 4.90 Å². The molecule has 3 rings (SSSR count). The molecule has 26 heavy (non-hydrogen) atoms. The number of nitrogens with one attached hydrogen (secondary N) is 1. The molecule has 0 aromatic heterocycles. The maximum Gasteiger partial charge on any atom is 0.228 e. The lowest BCUT2D eigenvalue weighted by Crippen LogP contribution is -2.40. The van der Waals surface area contributed by atoms with E-state index in [4.69, 9.17) is 4.74 Å². The summed E-state index contributed by atoms with van der Waals surface area (Å²) in [5.41, 5.74) is 2.43. The van der Waals surface area contributed by atoms with Crippen molar-refractivity contribution in [1.29, 1.82) is 0 Å². The van der Waals surface area contributed by atoms with Gasteiger partial charge in [-0.2, -0.15) is 0 Å². The Hall–Kier alpha value is -2.40. The Balaban J connectivity index is 1.65. The van der Waals surface area contributed by atoms with Gasteiger partial charge in [-0.05, 0) is 50.1 Å². The lowest BCUT2D eigenvalue weighted by atomic mass is 9.96. The quantitative estimate of drug-likeness (QED) is 0.881. The number of likely N-dealkylation sites (tertiary alicyclic amines) is 1. The third kappa shape index (κ3) is 4.41. The maximum absolute atomic E-state index is 13.9. The minimum absolute atomic E-state index is 0.00728. The van der Waals surface area contributed by atoms with E-state index in [-0.39, 0.29) is 17.6 Å². The molecule has 0 bridgehead atoms. The second-order valence-corrected chi connectivity index (χ2v) is 6.86. The van der Waals surface area contributed by atoms with Crippen molar-refractivity contribution < 1.29 is 13.9 Å². The zero-order valence-corrected chi connectivity index (χ0v) is 15.3. The number of piperidine rings is 1. The molecule has 1 unspecified atom stereocenters. The zero-order chi connectivity index (χ0) is 18.5. The highest BCUT2D eigenvalue weighted by Gasteiger charge is 2.26. The first-order valence-corrected chi connectivity index (χ1v) is 8.98. The number of halogens is 1. The number of rotatable bonds is 5. The Kier molecular flexibility index (Phi) is 5.89. The number of nitrogens with zero attached hydrogens (tertiary/aromatic N) is 1. The van der Waals surface area contributed by atoms with Crippen LogP contribution in [0, 0.1) is 18.7 Å². The van der Waals surface area contributed by atoms with E-state index >= 15 is 0 Å².